The predicted molar refractivity (Wildman–Crippen MR) is 116 cm³/mol. The summed E-state index contributed by atoms with van der Waals surface area (Å²) in [4.78, 5) is 29.7. The van der Waals surface area contributed by atoms with Gasteiger partial charge in [0.2, 0.25) is 12.2 Å². The van der Waals surface area contributed by atoms with Gasteiger partial charge in [-0.2, -0.15) is 5.10 Å². The molecule has 3 aromatic carbocycles. The Morgan fingerprint density at radius 3 is 2.33 bits per heavy atom. The van der Waals surface area contributed by atoms with Gasteiger partial charge in [0.05, 0.1) is 11.4 Å². The second-order valence-electron chi connectivity index (χ2n) is 6.42. The molecular weight excluding hydrogens is 396 g/mol. The van der Waals surface area contributed by atoms with E-state index in [4.69, 9.17) is 0 Å². The summed E-state index contributed by atoms with van der Waals surface area (Å²) in [6.45, 7) is 0. The van der Waals surface area contributed by atoms with E-state index in [9.17, 15) is 9.59 Å². The highest BCUT2D eigenvalue weighted by Gasteiger charge is 2.20. The molecule has 0 spiro atoms. The Kier molecular flexibility index (Phi) is 6.01. The quantitative estimate of drug-likeness (QED) is 0.274. The molecule has 6 nitrogen and oxygen atoms in total. The second-order valence-corrected chi connectivity index (χ2v) is 7.36. The van der Waals surface area contributed by atoms with Gasteiger partial charge in [0.1, 0.15) is 0 Å². The van der Waals surface area contributed by atoms with Crippen molar-refractivity contribution in [3.63, 3.8) is 0 Å². The minimum absolute atomic E-state index is 0.131. The normalized spacial score (nSPS) is 10.5. The molecule has 4 aromatic rings. The van der Waals surface area contributed by atoms with Crippen LogP contribution in [0.15, 0.2) is 96.4 Å². The van der Waals surface area contributed by atoms with Crippen LogP contribution in [-0.4, -0.2) is 27.5 Å². The summed E-state index contributed by atoms with van der Waals surface area (Å²) in [5.41, 5.74) is 2.46. The number of hydrogen-bond donors (Lipinski definition) is 2. The molecule has 1 aromatic heterocycles. The fourth-order valence-corrected chi connectivity index (χ4v) is 3.72. The number of thioether (sulfide) groups is 1. The van der Waals surface area contributed by atoms with E-state index in [0.717, 1.165) is 5.69 Å². The van der Waals surface area contributed by atoms with Crippen molar-refractivity contribution in [2.24, 2.45) is 0 Å². The van der Waals surface area contributed by atoms with E-state index < -0.39 is 0 Å². The van der Waals surface area contributed by atoms with Crippen LogP contribution in [0.4, 0.5) is 5.69 Å². The molecule has 0 fully saturated rings. The van der Waals surface area contributed by atoms with Crippen molar-refractivity contribution in [2.75, 3.05) is 11.1 Å². The van der Waals surface area contributed by atoms with Crippen LogP contribution >= 0.6 is 11.8 Å². The molecule has 30 heavy (non-hydrogen) atoms. The summed E-state index contributed by atoms with van der Waals surface area (Å²) in [5, 5.41) is 6.57. The van der Waals surface area contributed by atoms with E-state index >= 15 is 0 Å². The van der Waals surface area contributed by atoms with Crippen LogP contribution in [0, 0.1) is 0 Å². The molecule has 0 saturated heterocycles. The van der Waals surface area contributed by atoms with Crippen LogP contribution < -0.4 is 10.00 Å². The number of nitrogens with zero attached hydrogens (tertiary/aromatic N) is 2. The third-order valence-electron chi connectivity index (χ3n) is 4.38. The highest BCUT2D eigenvalue weighted by atomic mass is 32.2. The maximum absolute atomic E-state index is 12.8. The Morgan fingerprint density at radius 1 is 0.900 bits per heavy atom. The van der Waals surface area contributed by atoms with Crippen LogP contribution in [0.25, 0.3) is 5.69 Å². The van der Waals surface area contributed by atoms with E-state index in [1.165, 1.54) is 11.8 Å². The molecule has 2 N–H and O–H groups in total. The van der Waals surface area contributed by atoms with Crippen LogP contribution in [-0.2, 0) is 4.79 Å². The molecule has 0 atom stereocenters. The molecule has 0 aliphatic heterocycles. The zero-order valence-corrected chi connectivity index (χ0v) is 16.8. The van der Waals surface area contributed by atoms with E-state index in [0.29, 0.717) is 22.0 Å². The van der Waals surface area contributed by atoms with Gasteiger partial charge in [-0.15, -0.1) is 4.68 Å². The van der Waals surface area contributed by atoms with Gasteiger partial charge in [-0.25, -0.2) is 0 Å². The first-order valence-electron chi connectivity index (χ1n) is 9.34. The van der Waals surface area contributed by atoms with Gasteiger partial charge >= 0.3 is 5.16 Å². The average Bonchev–Trinajstić information content (AvgIpc) is 3.27. The summed E-state index contributed by atoms with van der Waals surface area (Å²) in [6.07, 6.45) is 1.58. The number of carbonyl (C=O) groups excluding carboxylic acids is 2. The van der Waals surface area contributed by atoms with E-state index in [1.54, 1.807) is 42.7 Å². The van der Waals surface area contributed by atoms with Crippen LogP contribution in [0.1, 0.15) is 15.9 Å². The molecule has 0 saturated carbocycles. The lowest BCUT2D eigenvalue weighted by atomic mass is 10.0. The number of anilines is 1. The van der Waals surface area contributed by atoms with Crippen molar-refractivity contribution in [3.8, 4) is 5.69 Å². The van der Waals surface area contributed by atoms with Crippen LogP contribution in [0.5, 0.6) is 0 Å². The van der Waals surface area contributed by atoms with Crippen molar-refractivity contribution in [3.05, 3.63) is 102 Å². The van der Waals surface area contributed by atoms with Crippen molar-refractivity contribution in [1.29, 1.82) is 0 Å². The lowest BCUT2D eigenvalue weighted by Crippen LogP contribution is -2.35. The first-order valence-corrected chi connectivity index (χ1v) is 10.3. The minimum Gasteiger partial charge on any atom is -0.325 e. The molecule has 148 valence electrons. The van der Waals surface area contributed by atoms with E-state index in [2.05, 4.69) is 15.4 Å². The molecule has 7 heteroatoms. The maximum Gasteiger partial charge on any atom is 0.385 e. The number of rotatable bonds is 7. The largest absolute Gasteiger partial charge is 0.385 e. The smallest absolute Gasteiger partial charge is 0.325 e. The number of H-pyrrole nitrogens is 1. The van der Waals surface area contributed by atoms with E-state index in [1.807, 2.05) is 53.2 Å². The standard InChI is InChI=1S/C23H18N4O2S/c28-21(15-30-23-24-16-25-27(23)18-11-5-2-6-12-18)26-20-14-8-7-13-19(20)22(29)17-9-3-1-4-10-17/h1-14,16H,15H2,(H,26,28,29)/p+1. The number of carbonyl (C=O) groups is 2. The second kappa shape index (κ2) is 9.19. The van der Waals surface area contributed by atoms with Crippen molar-refractivity contribution < 1.29 is 14.3 Å². The number of nitrogens with one attached hydrogen (secondary N) is 2. The Bertz CT molecular complexity index is 1160. The number of amides is 1. The van der Waals surface area contributed by atoms with Gasteiger partial charge in [-0.1, -0.05) is 60.7 Å². The Labute approximate surface area is 178 Å². The number of para-hydroxylation sites is 2. The maximum atomic E-state index is 12.8. The fourth-order valence-electron chi connectivity index (χ4n) is 2.97. The number of aromatic amines is 1. The molecule has 1 heterocycles. The SMILES string of the molecule is O=C(CSc1nc[nH][n+]1-c1ccccc1)Nc1ccccc1C(=O)c1ccccc1. The molecular formula is C23H19N4O2S+. The summed E-state index contributed by atoms with van der Waals surface area (Å²) < 4.78 is 1.81. The van der Waals surface area contributed by atoms with Gasteiger partial charge < -0.3 is 5.32 Å². The average molecular weight is 415 g/mol. The first kappa shape index (κ1) is 19.6. The lowest BCUT2D eigenvalue weighted by molar-refractivity contribution is -0.694. The topological polar surface area (TPSA) is 78.7 Å². The predicted octanol–water partition coefficient (Wildman–Crippen LogP) is 3.65. The molecule has 0 bridgehead atoms. The molecule has 0 aliphatic carbocycles. The minimum atomic E-state index is -0.212. The number of aromatic nitrogens is 3. The summed E-state index contributed by atoms with van der Waals surface area (Å²) >= 11 is 1.31. The van der Waals surface area contributed by atoms with Gasteiger partial charge in [0, 0.05) is 11.1 Å². The summed E-state index contributed by atoms with van der Waals surface area (Å²) in [7, 11) is 0. The number of hydrogen-bond acceptors (Lipinski definition) is 4. The Morgan fingerprint density at radius 2 is 1.57 bits per heavy atom. The zero-order valence-electron chi connectivity index (χ0n) is 16.0. The fraction of sp³-hybridized carbons (Fsp3) is 0.0435. The van der Waals surface area contributed by atoms with Gasteiger partial charge in [0.15, 0.2) is 11.5 Å². The van der Waals surface area contributed by atoms with Gasteiger partial charge in [-0.3, -0.25) is 9.59 Å². The first-order chi connectivity index (χ1) is 14.7. The van der Waals surface area contributed by atoms with Crippen molar-refractivity contribution in [1.82, 2.24) is 10.1 Å². The molecule has 4 rings (SSSR count). The molecule has 1 amide bonds. The Balaban J connectivity index is 1.45. The molecule has 0 aliphatic rings. The summed E-state index contributed by atoms with van der Waals surface area (Å²) in [6, 6.07) is 25.8. The van der Waals surface area contributed by atoms with Crippen LogP contribution in [0.2, 0.25) is 0 Å². The highest BCUT2D eigenvalue weighted by molar-refractivity contribution is 7.99. The summed E-state index contributed by atoms with van der Waals surface area (Å²) in [5.74, 6) is -0.185. The molecule has 0 unspecified atom stereocenters. The Hall–Kier alpha value is -3.71. The third kappa shape index (κ3) is 4.47. The monoisotopic (exact) mass is 415 g/mol. The third-order valence-corrected chi connectivity index (χ3v) is 5.33. The number of ketones is 1. The van der Waals surface area contributed by atoms with E-state index in [-0.39, 0.29) is 17.4 Å². The van der Waals surface area contributed by atoms with Gasteiger partial charge in [0.25, 0.3) is 0 Å². The lowest BCUT2D eigenvalue weighted by Gasteiger charge is -2.10. The van der Waals surface area contributed by atoms with Crippen LogP contribution in [0.3, 0.4) is 0 Å². The van der Waals surface area contributed by atoms with Crippen molar-refractivity contribution in [2.45, 2.75) is 5.16 Å². The highest BCUT2D eigenvalue weighted by Crippen LogP contribution is 2.20. The molecule has 0 radical (unpaired) electrons. The van der Waals surface area contributed by atoms with Crippen molar-refractivity contribution >= 4 is 29.1 Å². The zero-order chi connectivity index (χ0) is 20.8. The van der Waals surface area contributed by atoms with Gasteiger partial charge in [-0.05, 0) is 41.0 Å². The number of benzene rings is 3.